The van der Waals surface area contributed by atoms with Crippen LogP contribution in [0, 0.1) is 0 Å². The highest BCUT2D eigenvalue weighted by Gasteiger charge is 2.35. The molecule has 0 spiro atoms. The molecule has 0 saturated carbocycles. The van der Waals surface area contributed by atoms with Gasteiger partial charge in [0, 0.05) is 5.66 Å². The average Bonchev–Trinajstić information content (AvgIpc) is 2.08. The summed E-state index contributed by atoms with van der Waals surface area (Å²) in [4.78, 5) is 0. The van der Waals surface area contributed by atoms with E-state index in [1.54, 1.807) is 0 Å². The van der Waals surface area contributed by atoms with Crippen molar-refractivity contribution in [2.45, 2.75) is 30.7 Å². The molecule has 0 aromatic rings. The molecule has 4 unspecified atom stereocenters. The van der Waals surface area contributed by atoms with Crippen molar-refractivity contribution >= 4 is 43.0 Å². The summed E-state index contributed by atoms with van der Waals surface area (Å²) in [7, 11) is 3.46. The zero-order chi connectivity index (χ0) is 10.1. The van der Waals surface area contributed by atoms with E-state index < -0.39 is 9.84 Å². The summed E-state index contributed by atoms with van der Waals surface area (Å²) in [6.07, 6.45) is 1.96. The lowest BCUT2D eigenvalue weighted by Gasteiger charge is -2.32. The summed E-state index contributed by atoms with van der Waals surface area (Å²) in [5.41, 5.74) is 0.412. The van der Waals surface area contributed by atoms with Gasteiger partial charge in [0.05, 0.1) is 11.0 Å². The third-order valence-corrected chi connectivity index (χ3v) is 16.5. The Kier molecular flexibility index (Phi) is 5.03. The van der Waals surface area contributed by atoms with Crippen LogP contribution >= 0.6 is 33.1 Å². The van der Waals surface area contributed by atoms with Crippen molar-refractivity contribution in [3.8, 4) is 0 Å². The van der Waals surface area contributed by atoms with Crippen molar-refractivity contribution in [2.75, 3.05) is 5.75 Å². The Balaban J connectivity index is 2.77. The first-order chi connectivity index (χ1) is 5.99. The van der Waals surface area contributed by atoms with Crippen molar-refractivity contribution in [3.63, 3.8) is 0 Å². The third-order valence-electron chi connectivity index (χ3n) is 2.54. The van der Waals surface area contributed by atoms with Crippen LogP contribution in [0.1, 0.15) is 19.8 Å². The van der Waals surface area contributed by atoms with E-state index in [4.69, 9.17) is 0 Å². The maximum absolute atomic E-state index is 11.6. The maximum atomic E-state index is 11.6. The molecule has 6 atom stereocenters. The lowest BCUT2D eigenvalue weighted by Crippen LogP contribution is -2.35. The van der Waals surface area contributed by atoms with E-state index in [2.05, 4.69) is 17.9 Å². The highest BCUT2D eigenvalue weighted by atomic mass is 32.6. The van der Waals surface area contributed by atoms with Crippen molar-refractivity contribution in [3.05, 3.63) is 0 Å². The quantitative estimate of drug-likeness (QED) is 0.726. The highest BCUT2D eigenvalue weighted by Crippen LogP contribution is 2.71. The molecule has 1 rings (SSSR count). The summed E-state index contributed by atoms with van der Waals surface area (Å²) >= 11 is 0. The van der Waals surface area contributed by atoms with Gasteiger partial charge in [-0.1, -0.05) is 15.3 Å². The van der Waals surface area contributed by atoms with Gasteiger partial charge >= 0.3 is 0 Å². The molecule has 1 saturated heterocycles. The molecule has 0 aliphatic carbocycles. The van der Waals surface area contributed by atoms with Crippen LogP contribution in [0.5, 0.6) is 0 Å². The molecule has 0 bridgehead atoms. The van der Waals surface area contributed by atoms with Crippen LogP contribution < -0.4 is 0 Å². The smallest absolute Gasteiger partial charge is 0.153 e. The molecular weight excluding hydrogens is 260 g/mol. The van der Waals surface area contributed by atoms with Crippen LogP contribution in [0.15, 0.2) is 0 Å². The van der Waals surface area contributed by atoms with Crippen molar-refractivity contribution < 1.29 is 8.42 Å². The minimum Gasteiger partial charge on any atom is -0.229 e. The standard InChI is InChI=1S/C6H16O2P4S/c1-5-6(12(10)11-9)3-2-4-13(5,7)8/h5-6,11H,2-4,9-10H2,1H3/t5-,6+,12?/m1/s1. The van der Waals surface area contributed by atoms with Crippen molar-refractivity contribution in [2.24, 2.45) is 0 Å². The predicted molar refractivity (Wildman–Crippen MR) is 70.9 cm³/mol. The van der Waals surface area contributed by atoms with Crippen LogP contribution in [0.2, 0.25) is 0 Å². The summed E-state index contributed by atoms with van der Waals surface area (Å²) in [5.74, 6) is 0.401. The average molecular weight is 276 g/mol. The van der Waals surface area contributed by atoms with Crippen LogP contribution in [0.25, 0.3) is 0 Å². The molecule has 1 aliphatic rings. The monoisotopic (exact) mass is 276 g/mol. The molecule has 1 fully saturated rings. The van der Waals surface area contributed by atoms with E-state index in [0.29, 0.717) is 11.4 Å². The SMILES string of the molecule is C[C@@H]1[C@@H](P(P)PP)CCCS1(=O)=O. The zero-order valence-electron chi connectivity index (χ0n) is 7.60. The largest absolute Gasteiger partial charge is 0.229 e. The first-order valence-electron chi connectivity index (χ1n) is 4.21. The second-order valence-corrected chi connectivity index (χ2v) is 15.4. The second kappa shape index (κ2) is 5.14. The fraction of sp³-hybridized carbons (Fsp3) is 1.00. The summed E-state index contributed by atoms with van der Waals surface area (Å²) < 4.78 is 23.2. The second-order valence-electron chi connectivity index (χ2n) is 3.32. The molecule has 78 valence electrons. The van der Waals surface area contributed by atoms with Crippen LogP contribution in [0.4, 0.5) is 0 Å². The fourth-order valence-corrected chi connectivity index (χ4v) is 10.5. The van der Waals surface area contributed by atoms with Gasteiger partial charge in [-0.25, -0.2) is 8.42 Å². The molecule has 0 N–H and O–H groups in total. The van der Waals surface area contributed by atoms with Crippen molar-refractivity contribution in [1.29, 1.82) is 0 Å². The third kappa shape index (κ3) is 3.06. The molecule has 0 aromatic carbocycles. The number of hydrogen-bond donors (Lipinski definition) is 0. The summed E-state index contributed by atoms with van der Waals surface area (Å²) in [5, 5.41) is -0.113. The Morgan fingerprint density at radius 2 is 2.15 bits per heavy atom. The van der Waals surface area contributed by atoms with Gasteiger partial charge < -0.3 is 0 Å². The molecule has 7 heteroatoms. The van der Waals surface area contributed by atoms with Gasteiger partial charge in [0.1, 0.15) is 0 Å². The topological polar surface area (TPSA) is 34.1 Å². The Morgan fingerprint density at radius 1 is 1.54 bits per heavy atom. The van der Waals surface area contributed by atoms with Crippen LogP contribution in [-0.2, 0) is 9.84 Å². The lowest BCUT2D eigenvalue weighted by atomic mass is 10.2. The van der Waals surface area contributed by atoms with Crippen LogP contribution in [0.3, 0.4) is 0 Å². The lowest BCUT2D eigenvalue weighted by molar-refractivity contribution is 0.554. The Morgan fingerprint density at radius 3 is 2.69 bits per heavy atom. The van der Waals surface area contributed by atoms with Gasteiger partial charge in [0.2, 0.25) is 0 Å². The molecule has 0 aromatic heterocycles. The highest BCUT2D eigenvalue weighted by molar-refractivity contribution is 8.61. The minimum absolute atomic E-state index is 0.113. The molecule has 1 aliphatic heterocycles. The Bertz CT molecular complexity index is 266. The summed E-state index contributed by atoms with van der Waals surface area (Å²) in [6, 6.07) is 0. The van der Waals surface area contributed by atoms with E-state index >= 15 is 0 Å². The molecular formula is C6H16O2P4S. The van der Waals surface area contributed by atoms with E-state index in [0.717, 1.165) is 20.8 Å². The number of rotatable bonds is 2. The van der Waals surface area contributed by atoms with Gasteiger partial charge in [-0.3, -0.25) is 0 Å². The Labute approximate surface area is 87.9 Å². The van der Waals surface area contributed by atoms with Crippen LogP contribution in [-0.4, -0.2) is 25.1 Å². The van der Waals surface area contributed by atoms with Gasteiger partial charge in [0.15, 0.2) is 9.84 Å². The molecule has 2 nitrogen and oxygen atoms in total. The normalized spacial score (nSPS) is 36.5. The fourth-order valence-electron chi connectivity index (χ4n) is 1.61. The number of hydrogen-bond acceptors (Lipinski definition) is 2. The van der Waals surface area contributed by atoms with Gasteiger partial charge in [-0.2, -0.15) is 0 Å². The van der Waals surface area contributed by atoms with Crippen molar-refractivity contribution in [1.82, 2.24) is 0 Å². The summed E-state index contributed by atoms with van der Waals surface area (Å²) in [6.45, 7) is 1.88. The zero-order valence-corrected chi connectivity index (χ0v) is 12.6. The van der Waals surface area contributed by atoms with E-state index in [1.807, 2.05) is 6.92 Å². The molecule has 0 radical (unpaired) electrons. The van der Waals surface area contributed by atoms with Gasteiger partial charge in [0.25, 0.3) is 0 Å². The first kappa shape index (κ1) is 12.7. The number of sulfone groups is 1. The van der Waals surface area contributed by atoms with Gasteiger partial charge in [-0.05, 0) is 19.8 Å². The molecule has 0 amide bonds. The first-order valence-corrected chi connectivity index (χ1v) is 12.6. The van der Waals surface area contributed by atoms with E-state index in [1.165, 1.54) is 0 Å². The molecule has 13 heavy (non-hydrogen) atoms. The van der Waals surface area contributed by atoms with Gasteiger partial charge in [-0.15, -0.1) is 17.9 Å². The maximum Gasteiger partial charge on any atom is 0.153 e. The molecule has 1 heterocycles. The Hall–Kier alpha value is 1.67. The minimum atomic E-state index is -2.77. The van der Waals surface area contributed by atoms with E-state index in [9.17, 15) is 8.42 Å². The van der Waals surface area contributed by atoms with E-state index in [-0.39, 0.29) is 12.5 Å². The predicted octanol–water partition coefficient (Wildman–Crippen LogP) is 2.61.